The fraction of sp³-hybridized carbons (Fsp3) is 0.150. The summed E-state index contributed by atoms with van der Waals surface area (Å²) >= 11 is 6.14. The molecule has 146 valence electrons. The van der Waals surface area contributed by atoms with Gasteiger partial charge in [0, 0.05) is 17.1 Å². The van der Waals surface area contributed by atoms with Crippen molar-refractivity contribution < 1.29 is 18.0 Å². The van der Waals surface area contributed by atoms with Crippen LogP contribution in [0.5, 0.6) is 0 Å². The van der Waals surface area contributed by atoms with Crippen LogP contribution in [-0.4, -0.2) is 10.5 Å². The van der Waals surface area contributed by atoms with Gasteiger partial charge in [-0.05, 0) is 56.3 Å². The van der Waals surface area contributed by atoms with Crippen molar-refractivity contribution in [3.63, 3.8) is 0 Å². The number of benzene rings is 2. The van der Waals surface area contributed by atoms with Crippen molar-refractivity contribution in [3.8, 4) is 5.69 Å². The van der Waals surface area contributed by atoms with E-state index in [4.69, 9.17) is 11.6 Å². The second-order valence-electron chi connectivity index (χ2n) is 6.24. The number of amides is 1. The maximum absolute atomic E-state index is 13.1. The summed E-state index contributed by atoms with van der Waals surface area (Å²) in [5.41, 5.74) is 6.31. The number of para-hydroxylation sites is 1. The Balaban J connectivity index is 1.86. The highest BCUT2D eigenvalue weighted by atomic mass is 35.5. The number of aryl methyl sites for hydroxylation is 2. The summed E-state index contributed by atoms with van der Waals surface area (Å²) in [6.07, 6.45) is -4.55. The minimum absolute atomic E-state index is 0.142. The van der Waals surface area contributed by atoms with Gasteiger partial charge in [0.15, 0.2) is 0 Å². The summed E-state index contributed by atoms with van der Waals surface area (Å²) in [6, 6.07) is 13.7. The van der Waals surface area contributed by atoms with Gasteiger partial charge in [-0.2, -0.15) is 13.2 Å². The minimum Gasteiger partial charge on any atom is -0.318 e. The van der Waals surface area contributed by atoms with Crippen molar-refractivity contribution in [2.45, 2.75) is 20.0 Å². The van der Waals surface area contributed by atoms with E-state index in [-0.39, 0.29) is 16.3 Å². The van der Waals surface area contributed by atoms with E-state index < -0.39 is 17.6 Å². The minimum atomic E-state index is -4.55. The Morgan fingerprint density at radius 2 is 1.64 bits per heavy atom. The Labute approximate surface area is 164 Å². The number of hydrogen-bond donors (Lipinski definition) is 2. The molecule has 0 atom stereocenters. The van der Waals surface area contributed by atoms with Gasteiger partial charge in [-0.1, -0.05) is 23.7 Å². The van der Waals surface area contributed by atoms with Crippen molar-refractivity contribution in [2.75, 3.05) is 5.43 Å². The number of anilines is 1. The second-order valence-corrected chi connectivity index (χ2v) is 6.65. The molecule has 1 heterocycles. The summed E-state index contributed by atoms with van der Waals surface area (Å²) in [5.74, 6) is -0.647. The Hall–Kier alpha value is -2.93. The molecule has 2 aromatic carbocycles. The molecule has 0 radical (unpaired) electrons. The van der Waals surface area contributed by atoms with Gasteiger partial charge in [0.2, 0.25) is 0 Å². The monoisotopic (exact) mass is 407 g/mol. The summed E-state index contributed by atoms with van der Waals surface area (Å²) < 4.78 is 41.2. The molecule has 0 saturated heterocycles. The molecule has 3 aromatic rings. The van der Waals surface area contributed by atoms with Crippen LogP contribution in [0.3, 0.4) is 0 Å². The molecule has 0 unspecified atom stereocenters. The third-order valence-corrected chi connectivity index (χ3v) is 4.60. The average molecular weight is 408 g/mol. The fourth-order valence-electron chi connectivity index (χ4n) is 2.93. The number of carbonyl (C=O) groups is 1. The van der Waals surface area contributed by atoms with Crippen LogP contribution in [0.25, 0.3) is 5.69 Å². The number of hydrazine groups is 1. The quantitative estimate of drug-likeness (QED) is 0.559. The van der Waals surface area contributed by atoms with E-state index in [1.807, 2.05) is 30.5 Å². The third-order valence-electron chi connectivity index (χ3n) is 4.27. The van der Waals surface area contributed by atoms with Gasteiger partial charge in [0.25, 0.3) is 5.91 Å². The van der Waals surface area contributed by atoms with Crippen LogP contribution in [0.4, 0.5) is 18.9 Å². The molecular weight excluding hydrogens is 391 g/mol. The molecule has 28 heavy (non-hydrogen) atoms. The van der Waals surface area contributed by atoms with Crippen molar-refractivity contribution in [1.29, 1.82) is 0 Å². The largest absolute Gasteiger partial charge is 0.418 e. The van der Waals surface area contributed by atoms with E-state index in [2.05, 4.69) is 10.9 Å². The molecule has 1 amide bonds. The summed E-state index contributed by atoms with van der Waals surface area (Å²) in [4.78, 5) is 12.5. The highest BCUT2D eigenvalue weighted by Gasteiger charge is 2.33. The van der Waals surface area contributed by atoms with Crippen LogP contribution in [0.2, 0.25) is 5.02 Å². The van der Waals surface area contributed by atoms with Gasteiger partial charge in [0.05, 0.1) is 21.8 Å². The van der Waals surface area contributed by atoms with Gasteiger partial charge >= 0.3 is 6.18 Å². The molecule has 0 aliphatic heterocycles. The molecule has 8 heteroatoms. The van der Waals surface area contributed by atoms with Crippen LogP contribution in [0.1, 0.15) is 27.3 Å². The molecule has 0 spiro atoms. The van der Waals surface area contributed by atoms with Crippen LogP contribution < -0.4 is 10.9 Å². The van der Waals surface area contributed by atoms with Crippen LogP contribution in [0, 0.1) is 13.8 Å². The molecule has 4 nitrogen and oxygen atoms in total. The lowest BCUT2D eigenvalue weighted by molar-refractivity contribution is -0.137. The zero-order valence-corrected chi connectivity index (χ0v) is 15.8. The van der Waals surface area contributed by atoms with E-state index in [9.17, 15) is 18.0 Å². The maximum Gasteiger partial charge on any atom is 0.418 e. The number of aromatic nitrogens is 1. The lowest BCUT2D eigenvalue weighted by atomic mass is 10.1. The summed E-state index contributed by atoms with van der Waals surface area (Å²) in [6.45, 7) is 3.86. The van der Waals surface area contributed by atoms with Crippen molar-refractivity contribution in [3.05, 3.63) is 82.1 Å². The molecule has 2 N–H and O–H groups in total. The SMILES string of the molecule is Cc1ccc(C)n1-c1ccc(Cl)c(C(=O)NNc2ccccc2C(F)(F)F)c1. The summed E-state index contributed by atoms with van der Waals surface area (Å²) in [5, 5.41) is 0.189. The van der Waals surface area contributed by atoms with E-state index in [1.54, 1.807) is 18.2 Å². The van der Waals surface area contributed by atoms with Gasteiger partial charge in [-0.15, -0.1) is 0 Å². The molecule has 0 saturated carbocycles. The molecular formula is C20H17ClF3N3O. The standard InChI is InChI=1S/C20H17ClF3N3O/c1-12-7-8-13(2)27(12)14-9-10-17(21)15(11-14)19(28)26-25-18-6-4-3-5-16(18)20(22,23)24/h3-11,25H,1-2H3,(H,26,28). The highest BCUT2D eigenvalue weighted by molar-refractivity contribution is 6.34. The second kappa shape index (κ2) is 7.59. The predicted molar refractivity (Wildman–Crippen MR) is 103 cm³/mol. The van der Waals surface area contributed by atoms with Crippen LogP contribution in [-0.2, 0) is 6.18 Å². The first-order chi connectivity index (χ1) is 13.2. The van der Waals surface area contributed by atoms with Crippen molar-refractivity contribution >= 4 is 23.2 Å². The van der Waals surface area contributed by atoms with Gasteiger partial charge in [0.1, 0.15) is 0 Å². The van der Waals surface area contributed by atoms with Crippen molar-refractivity contribution in [2.24, 2.45) is 0 Å². The molecule has 3 rings (SSSR count). The van der Waals surface area contributed by atoms with Gasteiger partial charge < -0.3 is 4.57 Å². The van der Waals surface area contributed by atoms with Crippen LogP contribution >= 0.6 is 11.6 Å². The first kappa shape index (κ1) is 19.8. The smallest absolute Gasteiger partial charge is 0.318 e. The number of halogens is 4. The van der Waals surface area contributed by atoms with E-state index in [1.165, 1.54) is 18.2 Å². The Morgan fingerprint density at radius 3 is 2.29 bits per heavy atom. The predicted octanol–water partition coefficient (Wildman–Crippen LogP) is 5.52. The van der Waals surface area contributed by atoms with Crippen LogP contribution in [0.15, 0.2) is 54.6 Å². The van der Waals surface area contributed by atoms with E-state index >= 15 is 0 Å². The first-order valence-corrected chi connectivity index (χ1v) is 8.73. The Kier molecular flexibility index (Phi) is 5.38. The first-order valence-electron chi connectivity index (χ1n) is 8.36. The fourth-order valence-corrected chi connectivity index (χ4v) is 3.14. The van der Waals surface area contributed by atoms with E-state index in [0.717, 1.165) is 23.1 Å². The van der Waals surface area contributed by atoms with Gasteiger partial charge in [-0.3, -0.25) is 15.6 Å². The molecule has 0 fully saturated rings. The lowest BCUT2D eigenvalue weighted by Crippen LogP contribution is -2.30. The number of alkyl halides is 3. The third kappa shape index (κ3) is 3.99. The molecule has 0 aliphatic rings. The average Bonchev–Trinajstić information content (AvgIpc) is 2.98. The Bertz CT molecular complexity index is 1010. The normalized spacial score (nSPS) is 11.4. The zero-order chi connectivity index (χ0) is 20.5. The number of carbonyl (C=O) groups excluding carboxylic acids is 1. The van der Waals surface area contributed by atoms with E-state index in [0.29, 0.717) is 0 Å². The summed E-state index contributed by atoms with van der Waals surface area (Å²) in [7, 11) is 0. The van der Waals surface area contributed by atoms with Crippen molar-refractivity contribution in [1.82, 2.24) is 9.99 Å². The van der Waals surface area contributed by atoms with Gasteiger partial charge in [-0.25, -0.2) is 0 Å². The zero-order valence-electron chi connectivity index (χ0n) is 15.1. The molecule has 0 aliphatic carbocycles. The highest BCUT2D eigenvalue weighted by Crippen LogP contribution is 2.34. The number of hydrogen-bond acceptors (Lipinski definition) is 2. The lowest BCUT2D eigenvalue weighted by Gasteiger charge is -2.16. The maximum atomic E-state index is 13.1. The number of rotatable bonds is 4. The number of nitrogens with one attached hydrogen (secondary N) is 2. The topological polar surface area (TPSA) is 46.1 Å². The number of nitrogens with zero attached hydrogens (tertiary/aromatic N) is 1. The molecule has 0 bridgehead atoms. The Morgan fingerprint density at radius 1 is 1.00 bits per heavy atom. The molecule has 1 aromatic heterocycles.